The molecule has 2 aromatic carbocycles. The van der Waals surface area contributed by atoms with Gasteiger partial charge in [-0.05, 0) is 74.2 Å². The lowest BCUT2D eigenvalue weighted by molar-refractivity contribution is 0.409. The fourth-order valence-corrected chi connectivity index (χ4v) is 3.42. The van der Waals surface area contributed by atoms with Crippen molar-refractivity contribution in [1.29, 1.82) is 0 Å². The predicted molar refractivity (Wildman–Crippen MR) is 86.9 cm³/mol. The van der Waals surface area contributed by atoms with E-state index in [1.54, 1.807) is 20.1 Å². The quantitative estimate of drug-likeness (QED) is 0.751. The number of methoxy groups -OCH3 is 1. The molecule has 0 heterocycles. The summed E-state index contributed by atoms with van der Waals surface area (Å²) in [6.45, 7) is 2.35. The smallest absolute Gasteiger partial charge is 0.147 e. The van der Waals surface area contributed by atoms with Crippen molar-refractivity contribution in [3.63, 3.8) is 0 Å². The Balaban J connectivity index is 2.13. The Labute approximate surface area is 134 Å². The van der Waals surface area contributed by atoms with Crippen molar-refractivity contribution in [2.75, 3.05) is 12.4 Å². The van der Waals surface area contributed by atoms with Gasteiger partial charge in [0.05, 0.1) is 16.1 Å². The average Bonchev–Trinajstić information content (AvgIpc) is 2.40. The Hall–Kier alpha value is -1.07. The van der Waals surface area contributed by atoms with Crippen LogP contribution in [0, 0.1) is 12.7 Å². The minimum absolute atomic E-state index is 0.202. The number of aryl methyl sites for hydroxylation is 1. The summed E-state index contributed by atoms with van der Waals surface area (Å²) in [6.07, 6.45) is 0. The highest BCUT2D eigenvalue weighted by molar-refractivity contribution is 9.11. The molecule has 0 spiro atoms. The molecule has 0 aliphatic carbocycles. The normalized spacial score (nSPS) is 10.4. The third-order valence-electron chi connectivity index (χ3n) is 2.93. The van der Waals surface area contributed by atoms with Crippen molar-refractivity contribution in [3.8, 4) is 5.75 Å². The summed E-state index contributed by atoms with van der Waals surface area (Å²) >= 11 is 6.93. The first-order valence-electron chi connectivity index (χ1n) is 6.03. The van der Waals surface area contributed by atoms with Crippen LogP contribution in [0.1, 0.15) is 11.1 Å². The lowest BCUT2D eigenvalue weighted by Gasteiger charge is -2.11. The maximum absolute atomic E-state index is 13.5. The molecule has 5 heteroatoms. The van der Waals surface area contributed by atoms with E-state index in [0.717, 1.165) is 25.9 Å². The van der Waals surface area contributed by atoms with Gasteiger partial charge in [-0.15, -0.1) is 0 Å². The predicted octanol–water partition coefficient (Wildman–Crippen LogP) is 5.28. The van der Waals surface area contributed by atoms with E-state index in [1.807, 2.05) is 18.2 Å². The fourth-order valence-electron chi connectivity index (χ4n) is 1.82. The van der Waals surface area contributed by atoms with Crippen molar-refractivity contribution in [2.24, 2.45) is 0 Å². The summed E-state index contributed by atoms with van der Waals surface area (Å²) < 4.78 is 20.5. The van der Waals surface area contributed by atoms with Gasteiger partial charge in [0, 0.05) is 12.2 Å². The van der Waals surface area contributed by atoms with Gasteiger partial charge in [-0.1, -0.05) is 6.07 Å². The van der Waals surface area contributed by atoms with Crippen LogP contribution in [-0.4, -0.2) is 7.11 Å². The molecule has 0 bridgehead atoms. The maximum Gasteiger partial charge on any atom is 0.147 e. The van der Waals surface area contributed by atoms with Gasteiger partial charge in [-0.2, -0.15) is 0 Å². The third-order valence-corrected chi connectivity index (χ3v) is 4.11. The molecule has 0 unspecified atom stereocenters. The van der Waals surface area contributed by atoms with E-state index in [0.29, 0.717) is 12.1 Å². The molecule has 0 amide bonds. The summed E-state index contributed by atoms with van der Waals surface area (Å²) in [5, 5.41) is 3.20. The Bertz CT molecular complexity index is 608. The number of anilines is 1. The van der Waals surface area contributed by atoms with Gasteiger partial charge in [-0.25, -0.2) is 4.39 Å². The molecule has 1 N–H and O–H groups in total. The van der Waals surface area contributed by atoms with E-state index in [4.69, 9.17) is 4.74 Å². The molecule has 2 aromatic rings. The number of nitrogens with one attached hydrogen (secondary N) is 1. The number of rotatable bonds is 4. The van der Waals surface area contributed by atoms with Crippen LogP contribution >= 0.6 is 31.9 Å². The summed E-state index contributed by atoms with van der Waals surface area (Å²) in [4.78, 5) is 0. The molecule has 0 aromatic heterocycles. The first-order chi connectivity index (χ1) is 9.51. The number of ether oxygens (including phenoxy) is 1. The Morgan fingerprint density at radius 2 is 1.80 bits per heavy atom. The van der Waals surface area contributed by atoms with Gasteiger partial charge in [0.25, 0.3) is 0 Å². The van der Waals surface area contributed by atoms with Gasteiger partial charge in [-0.3, -0.25) is 0 Å². The van der Waals surface area contributed by atoms with Crippen molar-refractivity contribution in [1.82, 2.24) is 0 Å². The van der Waals surface area contributed by atoms with Crippen LogP contribution in [0.25, 0.3) is 0 Å². The SMILES string of the molecule is COc1c(Br)cc(CNc2ccc(C)c(F)c2)cc1Br. The van der Waals surface area contributed by atoms with Crippen molar-refractivity contribution in [3.05, 3.63) is 56.2 Å². The Morgan fingerprint density at radius 1 is 1.15 bits per heavy atom. The number of halogens is 3. The largest absolute Gasteiger partial charge is 0.494 e. The molecular formula is C15H14Br2FNO. The van der Waals surface area contributed by atoms with Crippen molar-refractivity contribution in [2.45, 2.75) is 13.5 Å². The van der Waals surface area contributed by atoms with Crippen LogP contribution < -0.4 is 10.1 Å². The molecule has 0 radical (unpaired) electrons. The molecule has 2 nitrogen and oxygen atoms in total. The van der Waals surface area contributed by atoms with E-state index in [9.17, 15) is 4.39 Å². The standard InChI is InChI=1S/C15H14Br2FNO/c1-9-3-4-11(7-14(9)18)19-8-10-5-12(16)15(20-2)13(17)6-10/h3-7,19H,8H2,1-2H3. The van der Waals surface area contributed by atoms with Gasteiger partial charge < -0.3 is 10.1 Å². The van der Waals surface area contributed by atoms with E-state index in [2.05, 4.69) is 37.2 Å². The number of benzene rings is 2. The van der Waals surface area contributed by atoms with Gasteiger partial charge >= 0.3 is 0 Å². The molecule has 0 saturated heterocycles. The number of hydrogen-bond acceptors (Lipinski definition) is 2. The summed E-state index contributed by atoms with van der Waals surface area (Å²) in [5.74, 6) is 0.558. The zero-order valence-corrected chi connectivity index (χ0v) is 14.3. The Kier molecular flexibility index (Phi) is 5.05. The van der Waals surface area contributed by atoms with Crippen LogP contribution in [0.2, 0.25) is 0 Å². The van der Waals surface area contributed by atoms with E-state index >= 15 is 0 Å². The average molecular weight is 403 g/mol. The highest BCUT2D eigenvalue weighted by Crippen LogP contribution is 2.34. The summed E-state index contributed by atoms with van der Waals surface area (Å²) in [7, 11) is 1.62. The second kappa shape index (κ2) is 6.59. The molecule has 106 valence electrons. The zero-order chi connectivity index (χ0) is 14.7. The minimum atomic E-state index is -0.202. The summed E-state index contributed by atoms with van der Waals surface area (Å²) in [5.41, 5.74) is 2.46. The first-order valence-corrected chi connectivity index (χ1v) is 7.62. The first kappa shape index (κ1) is 15.3. The minimum Gasteiger partial charge on any atom is -0.494 e. The lowest BCUT2D eigenvalue weighted by Crippen LogP contribution is -2.01. The Morgan fingerprint density at radius 3 is 2.35 bits per heavy atom. The van der Waals surface area contributed by atoms with Crippen LogP contribution in [0.3, 0.4) is 0 Å². The van der Waals surface area contributed by atoms with Crippen molar-refractivity contribution < 1.29 is 9.13 Å². The van der Waals surface area contributed by atoms with Crippen molar-refractivity contribution >= 4 is 37.5 Å². The fraction of sp³-hybridized carbons (Fsp3) is 0.200. The summed E-state index contributed by atoms with van der Waals surface area (Å²) in [6, 6.07) is 9.08. The van der Waals surface area contributed by atoms with Crippen LogP contribution in [-0.2, 0) is 6.54 Å². The molecule has 2 rings (SSSR count). The second-order valence-electron chi connectivity index (χ2n) is 4.41. The number of hydrogen-bond donors (Lipinski definition) is 1. The second-order valence-corrected chi connectivity index (χ2v) is 6.12. The molecule has 0 aliphatic heterocycles. The molecule has 20 heavy (non-hydrogen) atoms. The molecule has 0 atom stereocenters. The monoisotopic (exact) mass is 401 g/mol. The van der Waals surface area contributed by atoms with Crippen LogP contribution in [0.15, 0.2) is 39.3 Å². The third kappa shape index (κ3) is 3.52. The van der Waals surface area contributed by atoms with Crippen LogP contribution in [0.4, 0.5) is 10.1 Å². The molecule has 0 saturated carbocycles. The highest BCUT2D eigenvalue weighted by atomic mass is 79.9. The van der Waals surface area contributed by atoms with E-state index in [1.165, 1.54) is 6.07 Å². The van der Waals surface area contributed by atoms with Gasteiger partial charge in [0.2, 0.25) is 0 Å². The van der Waals surface area contributed by atoms with Gasteiger partial charge in [0.1, 0.15) is 11.6 Å². The van der Waals surface area contributed by atoms with E-state index < -0.39 is 0 Å². The van der Waals surface area contributed by atoms with Crippen LogP contribution in [0.5, 0.6) is 5.75 Å². The topological polar surface area (TPSA) is 21.3 Å². The molecular weight excluding hydrogens is 389 g/mol. The molecule has 0 aliphatic rings. The van der Waals surface area contributed by atoms with Gasteiger partial charge in [0.15, 0.2) is 0 Å². The maximum atomic E-state index is 13.5. The lowest BCUT2D eigenvalue weighted by atomic mass is 10.2. The zero-order valence-electron chi connectivity index (χ0n) is 11.1. The molecule has 0 fully saturated rings. The van der Waals surface area contributed by atoms with E-state index in [-0.39, 0.29) is 5.82 Å². The highest BCUT2D eigenvalue weighted by Gasteiger charge is 2.08.